The fraction of sp³-hybridized carbons (Fsp3) is 0.524. The predicted octanol–water partition coefficient (Wildman–Crippen LogP) is 3.23. The normalized spacial score (nSPS) is 24.6. The van der Waals surface area contributed by atoms with Gasteiger partial charge in [-0.1, -0.05) is 30.3 Å². The monoisotopic (exact) mass is 388 g/mol. The van der Waals surface area contributed by atoms with Crippen LogP contribution in [-0.2, 0) is 10.3 Å². The molecule has 1 amide bonds. The van der Waals surface area contributed by atoms with Crippen LogP contribution in [0.1, 0.15) is 50.0 Å². The van der Waals surface area contributed by atoms with Crippen molar-refractivity contribution in [3.63, 3.8) is 0 Å². The Balaban J connectivity index is 0.00000210. The van der Waals surface area contributed by atoms with E-state index in [-0.39, 0.29) is 24.4 Å². The molecule has 2 aliphatic rings. The van der Waals surface area contributed by atoms with Crippen LogP contribution in [0.3, 0.4) is 0 Å². The third kappa shape index (κ3) is 4.19. The molecule has 5 nitrogen and oxygen atoms in total. The minimum absolute atomic E-state index is 0. The lowest BCUT2D eigenvalue weighted by Crippen LogP contribution is -2.56. The average molecular weight is 389 g/mol. The largest absolute Gasteiger partial charge is 0.351 e. The molecule has 0 bridgehead atoms. The van der Waals surface area contributed by atoms with Gasteiger partial charge in [0, 0.05) is 18.4 Å². The molecule has 146 valence electrons. The standard InChI is InChI=1S/C21H28N4O.ClH/c26-20(21(11-14-22-15-12-21)25-16-4-13-23-25)24-19-9-7-18(8-10-19)17-5-2-1-3-6-17;/h1-6,13,16,18-19,22H,7-12,14-15H2,(H,24,26);1H. The van der Waals surface area contributed by atoms with Crippen LogP contribution < -0.4 is 10.6 Å². The Labute approximate surface area is 167 Å². The quantitative estimate of drug-likeness (QED) is 0.845. The van der Waals surface area contributed by atoms with Crippen LogP contribution in [0.15, 0.2) is 48.8 Å². The molecular formula is C21H29ClN4O. The summed E-state index contributed by atoms with van der Waals surface area (Å²) in [6.45, 7) is 1.71. The van der Waals surface area contributed by atoms with Crippen LogP contribution in [0, 0.1) is 0 Å². The summed E-state index contributed by atoms with van der Waals surface area (Å²) in [5.41, 5.74) is 0.897. The number of carbonyl (C=O) groups excluding carboxylic acids is 1. The Morgan fingerprint density at radius 3 is 2.41 bits per heavy atom. The molecule has 27 heavy (non-hydrogen) atoms. The first-order chi connectivity index (χ1) is 12.8. The number of amides is 1. The van der Waals surface area contributed by atoms with Crippen molar-refractivity contribution in [2.45, 2.75) is 56.0 Å². The van der Waals surface area contributed by atoms with Crippen molar-refractivity contribution in [2.24, 2.45) is 0 Å². The fourth-order valence-corrected chi connectivity index (χ4v) is 4.54. The van der Waals surface area contributed by atoms with E-state index in [1.165, 1.54) is 5.56 Å². The molecule has 0 unspecified atom stereocenters. The second kappa shape index (κ2) is 8.89. The Morgan fingerprint density at radius 1 is 1.07 bits per heavy atom. The van der Waals surface area contributed by atoms with Crippen molar-refractivity contribution in [2.75, 3.05) is 13.1 Å². The predicted molar refractivity (Wildman–Crippen MR) is 109 cm³/mol. The van der Waals surface area contributed by atoms with Crippen LogP contribution in [0.4, 0.5) is 0 Å². The number of nitrogens with zero attached hydrogens (tertiary/aromatic N) is 2. The minimum atomic E-state index is -0.537. The van der Waals surface area contributed by atoms with Gasteiger partial charge in [-0.25, -0.2) is 0 Å². The summed E-state index contributed by atoms with van der Waals surface area (Å²) < 4.78 is 1.87. The van der Waals surface area contributed by atoms with E-state index in [0.717, 1.165) is 51.6 Å². The summed E-state index contributed by atoms with van der Waals surface area (Å²) in [7, 11) is 0. The van der Waals surface area contributed by atoms with Crippen molar-refractivity contribution < 1.29 is 4.79 Å². The first-order valence-corrected chi connectivity index (χ1v) is 9.85. The van der Waals surface area contributed by atoms with E-state index in [1.807, 2.05) is 16.9 Å². The number of halogens is 1. The molecule has 1 aliphatic heterocycles. The molecule has 0 spiro atoms. The summed E-state index contributed by atoms with van der Waals surface area (Å²) in [5, 5.41) is 11.1. The molecule has 1 saturated carbocycles. The summed E-state index contributed by atoms with van der Waals surface area (Å²) in [5.74, 6) is 0.772. The van der Waals surface area contributed by atoms with E-state index >= 15 is 0 Å². The van der Waals surface area contributed by atoms with E-state index < -0.39 is 5.54 Å². The first-order valence-electron chi connectivity index (χ1n) is 9.85. The zero-order chi connectivity index (χ0) is 17.8. The van der Waals surface area contributed by atoms with Crippen LogP contribution in [0.5, 0.6) is 0 Å². The van der Waals surface area contributed by atoms with Crippen LogP contribution in [0.2, 0.25) is 0 Å². The maximum absolute atomic E-state index is 13.2. The zero-order valence-electron chi connectivity index (χ0n) is 15.6. The van der Waals surface area contributed by atoms with Gasteiger partial charge in [0.25, 0.3) is 0 Å². The van der Waals surface area contributed by atoms with Gasteiger partial charge < -0.3 is 10.6 Å². The molecule has 2 aromatic rings. The van der Waals surface area contributed by atoms with E-state index in [4.69, 9.17) is 0 Å². The van der Waals surface area contributed by atoms with E-state index in [1.54, 1.807) is 6.20 Å². The van der Waals surface area contributed by atoms with Gasteiger partial charge in [-0.05, 0) is 69.2 Å². The Morgan fingerprint density at radius 2 is 1.78 bits per heavy atom. The van der Waals surface area contributed by atoms with Crippen molar-refractivity contribution in [1.29, 1.82) is 0 Å². The second-order valence-corrected chi connectivity index (χ2v) is 7.66. The summed E-state index contributed by atoms with van der Waals surface area (Å²) in [6.07, 6.45) is 9.67. The molecule has 1 aromatic carbocycles. The van der Waals surface area contributed by atoms with Crippen molar-refractivity contribution in [1.82, 2.24) is 20.4 Å². The SMILES string of the molecule is Cl.O=C(NC1CCC(c2ccccc2)CC1)C1(n2cccn2)CCNCC1. The van der Waals surface area contributed by atoms with E-state index in [9.17, 15) is 4.79 Å². The number of rotatable bonds is 4. The molecule has 2 N–H and O–H groups in total. The number of carbonyl (C=O) groups is 1. The van der Waals surface area contributed by atoms with Gasteiger partial charge in [0.15, 0.2) is 0 Å². The third-order valence-electron chi connectivity index (χ3n) is 6.13. The lowest BCUT2D eigenvalue weighted by atomic mass is 9.81. The topological polar surface area (TPSA) is 59.0 Å². The summed E-state index contributed by atoms with van der Waals surface area (Å²) in [4.78, 5) is 13.2. The van der Waals surface area contributed by atoms with Gasteiger partial charge in [0.1, 0.15) is 5.54 Å². The Hall–Kier alpha value is -1.85. The number of hydrogen-bond acceptors (Lipinski definition) is 3. The number of aromatic nitrogens is 2. The maximum atomic E-state index is 13.2. The Kier molecular flexibility index (Phi) is 6.55. The highest BCUT2D eigenvalue weighted by Crippen LogP contribution is 2.34. The maximum Gasteiger partial charge on any atom is 0.248 e. The third-order valence-corrected chi connectivity index (χ3v) is 6.13. The van der Waals surface area contributed by atoms with Gasteiger partial charge >= 0.3 is 0 Å². The average Bonchev–Trinajstić information content (AvgIpc) is 3.25. The first kappa shape index (κ1) is 19.9. The highest BCUT2D eigenvalue weighted by atomic mass is 35.5. The molecule has 2 fully saturated rings. The highest BCUT2D eigenvalue weighted by molar-refractivity contribution is 5.85. The molecule has 1 saturated heterocycles. The molecule has 4 rings (SSSR count). The molecular weight excluding hydrogens is 360 g/mol. The molecule has 2 heterocycles. The van der Waals surface area contributed by atoms with Crippen molar-refractivity contribution >= 4 is 18.3 Å². The minimum Gasteiger partial charge on any atom is -0.351 e. The number of hydrogen-bond donors (Lipinski definition) is 2. The van der Waals surface area contributed by atoms with Gasteiger partial charge in [0.05, 0.1) is 0 Å². The molecule has 1 aromatic heterocycles. The van der Waals surface area contributed by atoms with E-state index in [2.05, 4.69) is 46.1 Å². The Bertz CT molecular complexity index is 705. The second-order valence-electron chi connectivity index (χ2n) is 7.66. The van der Waals surface area contributed by atoms with Gasteiger partial charge in [0.2, 0.25) is 5.91 Å². The summed E-state index contributed by atoms with van der Waals surface area (Å²) in [6, 6.07) is 13.0. The molecule has 6 heteroatoms. The fourth-order valence-electron chi connectivity index (χ4n) is 4.54. The molecule has 0 radical (unpaired) electrons. The molecule has 1 aliphatic carbocycles. The smallest absolute Gasteiger partial charge is 0.248 e. The van der Waals surface area contributed by atoms with Gasteiger partial charge in [-0.15, -0.1) is 12.4 Å². The summed E-state index contributed by atoms with van der Waals surface area (Å²) >= 11 is 0. The lowest BCUT2D eigenvalue weighted by Gasteiger charge is -2.38. The lowest BCUT2D eigenvalue weighted by molar-refractivity contribution is -0.133. The van der Waals surface area contributed by atoms with E-state index in [0.29, 0.717) is 5.92 Å². The van der Waals surface area contributed by atoms with Gasteiger partial charge in [-0.3, -0.25) is 9.48 Å². The van der Waals surface area contributed by atoms with Crippen LogP contribution >= 0.6 is 12.4 Å². The van der Waals surface area contributed by atoms with Crippen molar-refractivity contribution in [3.05, 3.63) is 54.4 Å². The number of benzene rings is 1. The number of piperidine rings is 1. The zero-order valence-corrected chi connectivity index (χ0v) is 16.5. The van der Waals surface area contributed by atoms with Crippen LogP contribution in [-0.4, -0.2) is 34.8 Å². The highest BCUT2D eigenvalue weighted by Gasteiger charge is 2.42. The van der Waals surface area contributed by atoms with Gasteiger partial charge in [-0.2, -0.15) is 5.10 Å². The van der Waals surface area contributed by atoms with Crippen LogP contribution in [0.25, 0.3) is 0 Å². The molecule has 0 atom stereocenters. The number of nitrogens with one attached hydrogen (secondary N) is 2. The van der Waals surface area contributed by atoms with Crippen molar-refractivity contribution in [3.8, 4) is 0 Å².